The van der Waals surface area contributed by atoms with Crippen LogP contribution in [-0.2, 0) is 4.43 Å². The monoisotopic (exact) mass is 314 g/mol. The van der Waals surface area contributed by atoms with Crippen LogP contribution in [-0.4, -0.2) is 8.32 Å². The van der Waals surface area contributed by atoms with E-state index >= 15 is 0 Å². The van der Waals surface area contributed by atoms with Crippen molar-refractivity contribution in [2.24, 2.45) is 0 Å². The van der Waals surface area contributed by atoms with Crippen LogP contribution in [0.3, 0.4) is 0 Å². The van der Waals surface area contributed by atoms with Crippen LogP contribution in [0.2, 0.25) is 18.1 Å². The molecule has 1 rings (SSSR count). The molecular weight excluding hydrogens is 284 g/mol. The lowest BCUT2D eigenvalue weighted by Gasteiger charge is -2.37. The van der Waals surface area contributed by atoms with Crippen molar-refractivity contribution in [2.45, 2.75) is 65.1 Å². The first-order valence-electron chi connectivity index (χ1n) is 8.12. The topological polar surface area (TPSA) is 9.23 Å². The molecule has 0 fully saturated rings. The largest absolute Gasteiger partial charge is 0.543 e. The minimum Gasteiger partial charge on any atom is -0.543 e. The van der Waals surface area contributed by atoms with E-state index < -0.39 is 8.32 Å². The normalized spacial score (nSPS) is 12.5. The third-order valence-corrected chi connectivity index (χ3v) is 8.58. The van der Waals surface area contributed by atoms with E-state index in [9.17, 15) is 0 Å². The third-order valence-electron chi connectivity index (χ3n) is 4.24. The van der Waals surface area contributed by atoms with Crippen molar-refractivity contribution in [3.05, 3.63) is 42.0 Å². The summed E-state index contributed by atoms with van der Waals surface area (Å²) >= 11 is 0. The standard InChI is InChI=1S/C20H30OSi/c1-7-8-9-10-14-17-19(18-15-12-11-13-16-18)21-22(5,6)20(2,3)4/h11-13,15-17H,9-10,14H2,1-6H3/b19-17-. The zero-order chi connectivity index (χ0) is 16.6. The minimum atomic E-state index is -1.82. The average molecular weight is 315 g/mol. The summed E-state index contributed by atoms with van der Waals surface area (Å²) in [5.74, 6) is 7.11. The predicted octanol–water partition coefficient (Wildman–Crippen LogP) is 6.24. The van der Waals surface area contributed by atoms with Crippen LogP contribution < -0.4 is 0 Å². The molecule has 1 aromatic carbocycles. The summed E-state index contributed by atoms with van der Waals surface area (Å²) in [4.78, 5) is 0. The Balaban J connectivity index is 2.92. The molecule has 1 aromatic rings. The van der Waals surface area contributed by atoms with Gasteiger partial charge < -0.3 is 4.43 Å². The maximum Gasteiger partial charge on any atom is 0.250 e. The highest BCUT2D eigenvalue weighted by atomic mass is 28.4. The van der Waals surface area contributed by atoms with Gasteiger partial charge in [-0.2, -0.15) is 0 Å². The SMILES string of the molecule is CC#CCCC/C=C(\O[Si](C)(C)C(C)(C)C)c1ccccc1. The van der Waals surface area contributed by atoms with E-state index in [1.54, 1.807) is 0 Å². The Morgan fingerprint density at radius 1 is 1.18 bits per heavy atom. The number of unbranched alkanes of at least 4 members (excludes halogenated alkanes) is 2. The molecule has 0 N–H and O–H groups in total. The van der Waals surface area contributed by atoms with Gasteiger partial charge in [0.05, 0.1) is 0 Å². The summed E-state index contributed by atoms with van der Waals surface area (Å²) in [6.07, 6.45) is 5.29. The van der Waals surface area contributed by atoms with Crippen LogP contribution in [0.15, 0.2) is 36.4 Å². The molecule has 0 aliphatic heterocycles. The van der Waals surface area contributed by atoms with Crippen molar-refractivity contribution in [3.8, 4) is 11.8 Å². The fourth-order valence-corrected chi connectivity index (χ4v) is 2.85. The van der Waals surface area contributed by atoms with Crippen LogP contribution in [0.4, 0.5) is 0 Å². The van der Waals surface area contributed by atoms with E-state index in [1.165, 1.54) is 5.56 Å². The summed E-state index contributed by atoms with van der Waals surface area (Å²) in [6.45, 7) is 13.3. The first-order chi connectivity index (χ1) is 10.3. The maximum absolute atomic E-state index is 6.56. The van der Waals surface area contributed by atoms with Gasteiger partial charge in [0.15, 0.2) is 0 Å². The highest BCUT2D eigenvalue weighted by Crippen LogP contribution is 2.39. The van der Waals surface area contributed by atoms with Crippen molar-refractivity contribution in [1.82, 2.24) is 0 Å². The Hall–Kier alpha value is -1.46. The molecule has 0 aliphatic carbocycles. The lowest BCUT2D eigenvalue weighted by Crippen LogP contribution is -2.40. The number of hydrogen-bond acceptors (Lipinski definition) is 1. The van der Waals surface area contributed by atoms with E-state index in [-0.39, 0.29) is 5.04 Å². The van der Waals surface area contributed by atoms with E-state index in [1.807, 2.05) is 13.0 Å². The summed E-state index contributed by atoms with van der Waals surface area (Å²) in [7, 11) is -1.82. The van der Waals surface area contributed by atoms with Crippen LogP contribution >= 0.6 is 0 Å². The van der Waals surface area contributed by atoms with Gasteiger partial charge >= 0.3 is 0 Å². The van der Waals surface area contributed by atoms with Gasteiger partial charge in [0.2, 0.25) is 8.32 Å². The molecule has 0 radical (unpaired) electrons. The van der Waals surface area contributed by atoms with E-state index in [4.69, 9.17) is 4.43 Å². The second-order valence-corrected chi connectivity index (χ2v) is 11.8. The zero-order valence-electron chi connectivity index (χ0n) is 15.0. The van der Waals surface area contributed by atoms with Crippen LogP contribution in [0.5, 0.6) is 0 Å². The van der Waals surface area contributed by atoms with Crippen molar-refractivity contribution >= 4 is 14.1 Å². The second kappa shape index (κ2) is 8.24. The quantitative estimate of drug-likeness (QED) is 0.261. The lowest BCUT2D eigenvalue weighted by atomic mass is 10.1. The fraction of sp³-hybridized carbons (Fsp3) is 0.500. The van der Waals surface area contributed by atoms with Crippen LogP contribution in [0.25, 0.3) is 5.76 Å². The van der Waals surface area contributed by atoms with Gasteiger partial charge in [-0.1, -0.05) is 51.1 Å². The molecule has 0 saturated heterocycles. The van der Waals surface area contributed by atoms with E-state index in [0.29, 0.717) is 0 Å². The molecule has 0 heterocycles. The Labute approximate surface area is 137 Å². The smallest absolute Gasteiger partial charge is 0.250 e. The molecule has 22 heavy (non-hydrogen) atoms. The van der Waals surface area contributed by atoms with Gasteiger partial charge in [-0.15, -0.1) is 11.8 Å². The van der Waals surface area contributed by atoms with E-state index in [0.717, 1.165) is 25.0 Å². The van der Waals surface area contributed by atoms with Crippen molar-refractivity contribution < 1.29 is 4.43 Å². The third kappa shape index (κ3) is 5.73. The molecule has 0 unspecified atom stereocenters. The Morgan fingerprint density at radius 2 is 1.82 bits per heavy atom. The average Bonchev–Trinajstić information content (AvgIpc) is 2.45. The summed E-state index contributed by atoms with van der Waals surface area (Å²) < 4.78 is 6.56. The van der Waals surface area contributed by atoms with Crippen LogP contribution in [0, 0.1) is 11.8 Å². The molecule has 0 spiro atoms. The number of rotatable bonds is 6. The molecule has 0 amide bonds. The first-order valence-corrected chi connectivity index (χ1v) is 11.0. The molecule has 2 heteroatoms. The lowest BCUT2D eigenvalue weighted by molar-refractivity contribution is 0.456. The van der Waals surface area contributed by atoms with Gasteiger partial charge in [-0.3, -0.25) is 0 Å². The molecule has 0 bridgehead atoms. The number of benzene rings is 1. The highest BCUT2D eigenvalue weighted by molar-refractivity contribution is 6.74. The maximum atomic E-state index is 6.56. The van der Waals surface area contributed by atoms with Crippen molar-refractivity contribution in [3.63, 3.8) is 0 Å². The summed E-state index contributed by atoms with van der Waals surface area (Å²) in [6, 6.07) is 10.4. The molecule has 0 aromatic heterocycles. The summed E-state index contributed by atoms with van der Waals surface area (Å²) in [5.41, 5.74) is 1.17. The summed E-state index contributed by atoms with van der Waals surface area (Å²) in [5, 5.41) is 0.203. The Kier molecular flexibility index (Phi) is 6.96. The molecule has 1 nitrogen and oxygen atoms in total. The van der Waals surface area contributed by atoms with Gasteiger partial charge in [-0.05, 0) is 44.0 Å². The Morgan fingerprint density at radius 3 is 2.36 bits per heavy atom. The van der Waals surface area contributed by atoms with Crippen molar-refractivity contribution in [2.75, 3.05) is 0 Å². The molecular formula is C20H30OSi. The van der Waals surface area contributed by atoms with Crippen molar-refractivity contribution in [1.29, 1.82) is 0 Å². The molecule has 0 atom stereocenters. The van der Waals surface area contributed by atoms with E-state index in [2.05, 4.69) is 76.0 Å². The predicted molar refractivity (Wildman–Crippen MR) is 100 cm³/mol. The highest BCUT2D eigenvalue weighted by Gasteiger charge is 2.39. The Bertz CT molecular complexity index is 539. The molecule has 120 valence electrons. The number of hydrogen-bond donors (Lipinski definition) is 0. The van der Waals surface area contributed by atoms with Gasteiger partial charge in [0.1, 0.15) is 5.76 Å². The minimum absolute atomic E-state index is 0.203. The first kappa shape index (κ1) is 18.6. The molecule has 0 saturated carbocycles. The fourth-order valence-electron chi connectivity index (χ4n) is 1.80. The van der Waals surface area contributed by atoms with Crippen LogP contribution in [0.1, 0.15) is 52.5 Å². The second-order valence-electron chi connectivity index (χ2n) is 7.12. The van der Waals surface area contributed by atoms with Gasteiger partial charge in [0.25, 0.3) is 0 Å². The van der Waals surface area contributed by atoms with Gasteiger partial charge in [0, 0.05) is 12.0 Å². The zero-order valence-corrected chi connectivity index (χ0v) is 16.0. The van der Waals surface area contributed by atoms with Gasteiger partial charge in [-0.25, -0.2) is 0 Å². The number of allylic oxidation sites excluding steroid dienone is 1. The molecule has 0 aliphatic rings.